The van der Waals surface area contributed by atoms with Crippen molar-refractivity contribution in [3.05, 3.63) is 72.0 Å². The van der Waals surface area contributed by atoms with E-state index in [4.69, 9.17) is 9.97 Å². The predicted octanol–water partition coefficient (Wildman–Crippen LogP) is 6.02. The number of thiophene rings is 1. The minimum absolute atomic E-state index is 0.642. The molecule has 8 nitrogen and oxygen atoms in total. The van der Waals surface area contributed by atoms with E-state index < -0.39 is 0 Å². The Bertz CT molecular complexity index is 1640. The summed E-state index contributed by atoms with van der Waals surface area (Å²) in [6.07, 6.45) is 6.21. The highest BCUT2D eigenvalue weighted by Crippen LogP contribution is 2.31. The standard InChI is InChI=1S/C25H20N8S/c1-3-14(2)28-17-10-16(11-26-12-17)18-4-5-20-23(29-18)24(33-32-20)25-30-19-6-8-27-21(22(19)31-25)15-7-9-34-13-15/h4-13,28H,2-3H2,1H3,(H,30,31)(H,32,33). The normalized spacial score (nSPS) is 11.3. The highest BCUT2D eigenvalue weighted by Gasteiger charge is 2.17. The minimum Gasteiger partial charge on any atom is -0.358 e. The Morgan fingerprint density at radius 1 is 1.03 bits per heavy atom. The van der Waals surface area contributed by atoms with Crippen molar-refractivity contribution in [1.29, 1.82) is 0 Å². The van der Waals surface area contributed by atoms with E-state index in [1.165, 1.54) is 0 Å². The third kappa shape index (κ3) is 3.52. The number of hydrogen-bond acceptors (Lipinski definition) is 7. The van der Waals surface area contributed by atoms with E-state index in [0.717, 1.165) is 62.4 Å². The van der Waals surface area contributed by atoms with Crippen LogP contribution in [0.25, 0.3) is 56.1 Å². The maximum Gasteiger partial charge on any atom is 0.161 e. The van der Waals surface area contributed by atoms with Gasteiger partial charge >= 0.3 is 0 Å². The maximum atomic E-state index is 4.91. The van der Waals surface area contributed by atoms with Gasteiger partial charge in [-0.3, -0.25) is 15.1 Å². The molecule has 6 heterocycles. The van der Waals surface area contributed by atoms with Crippen LogP contribution in [0, 0.1) is 0 Å². The van der Waals surface area contributed by atoms with Crippen molar-refractivity contribution in [3.63, 3.8) is 0 Å². The monoisotopic (exact) mass is 464 g/mol. The van der Waals surface area contributed by atoms with E-state index in [2.05, 4.69) is 49.3 Å². The quantitative estimate of drug-likeness (QED) is 0.278. The molecule has 6 aromatic heterocycles. The van der Waals surface area contributed by atoms with Crippen LogP contribution < -0.4 is 5.32 Å². The number of imidazole rings is 1. The summed E-state index contributed by atoms with van der Waals surface area (Å²) >= 11 is 1.63. The third-order valence-electron chi connectivity index (χ3n) is 5.61. The number of hydrogen-bond donors (Lipinski definition) is 3. The van der Waals surface area contributed by atoms with Crippen LogP contribution in [-0.4, -0.2) is 35.1 Å². The molecule has 0 spiro atoms. The van der Waals surface area contributed by atoms with Crippen LogP contribution in [0.4, 0.5) is 5.69 Å². The minimum atomic E-state index is 0.642. The second kappa shape index (κ2) is 8.20. The molecule has 0 aromatic carbocycles. The lowest BCUT2D eigenvalue weighted by Gasteiger charge is -2.08. The van der Waals surface area contributed by atoms with E-state index in [1.807, 2.05) is 35.7 Å². The van der Waals surface area contributed by atoms with Gasteiger partial charge in [-0.2, -0.15) is 16.4 Å². The summed E-state index contributed by atoms with van der Waals surface area (Å²) in [4.78, 5) is 22.1. The second-order valence-electron chi connectivity index (χ2n) is 7.86. The average Bonchev–Trinajstić information content (AvgIpc) is 3.62. The Morgan fingerprint density at radius 3 is 2.79 bits per heavy atom. The summed E-state index contributed by atoms with van der Waals surface area (Å²) in [5, 5.41) is 15.0. The van der Waals surface area contributed by atoms with Crippen LogP contribution in [0.15, 0.2) is 72.0 Å². The first-order valence-corrected chi connectivity index (χ1v) is 11.8. The first kappa shape index (κ1) is 20.3. The zero-order valence-corrected chi connectivity index (χ0v) is 19.1. The van der Waals surface area contributed by atoms with Gasteiger partial charge in [0.2, 0.25) is 0 Å². The summed E-state index contributed by atoms with van der Waals surface area (Å²) in [7, 11) is 0. The van der Waals surface area contributed by atoms with Crippen LogP contribution in [-0.2, 0) is 0 Å². The van der Waals surface area contributed by atoms with Gasteiger partial charge in [0.25, 0.3) is 0 Å². The molecule has 0 aliphatic carbocycles. The molecule has 6 aromatic rings. The number of nitrogens with zero attached hydrogens (tertiary/aromatic N) is 5. The van der Waals surface area contributed by atoms with Gasteiger partial charge in [-0.15, -0.1) is 0 Å². The lowest BCUT2D eigenvalue weighted by Crippen LogP contribution is -1.97. The summed E-state index contributed by atoms with van der Waals surface area (Å²) in [6.45, 7) is 6.06. The smallest absolute Gasteiger partial charge is 0.161 e. The molecule has 0 saturated heterocycles. The van der Waals surface area contributed by atoms with Gasteiger partial charge in [0.15, 0.2) is 11.5 Å². The molecule has 0 radical (unpaired) electrons. The highest BCUT2D eigenvalue weighted by molar-refractivity contribution is 7.08. The van der Waals surface area contributed by atoms with Crippen LogP contribution in [0.1, 0.15) is 13.3 Å². The predicted molar refractivity (Wildman–Crippen MR) is 136 cm³/mol. The zero-order valence-electron chi connectivity index (χ0n) is 18.3. The highest BCUT2D eigenvalue weighted by atomic mass is 32.1. The molecule has 0 unspecified atom stereocenters. The molecule has 0 fully saturated rings. The van der Waals surface area contributed by atoms with Gasteiger partial charge in [0.1, 0.15) is 11.0 Å². The molecule has 0 bridgehead atoms. The number of pyridine rings is 3. The summed E-state index contributed by atoms with van der Waals surface area (Å²) in [5.74, 6) is 0.642. The molecular formula is C25H20N8S. The van der Waals surface area contributed by atoms with Gasteiger partial charge in [-0.05, 0) is 42.1 Å². The number of rotatable bonds is 6. The van der Waals surface area contributed by atoms with E-state index in [-0.39, 0.29) is 0 Å². The fourth-order valence-electron chi connectivity index (χ4n) is 3.82. The molecule has 34 heavy (non-hydrogen) atoms. The van der Waals surface area contributed by atoms with E-state index in [0.29, 0.717) is 11.5 Å². The molecule has 6 rings (SSSR count). The molecule has 0 aliphatic rings. The van der Waals surface area contributed by atoms with E-state index in [1.54, 1.807) is 29.9 Å². The van der Waals surface area contributed by atoms with E-state index >= 15 is 0 Å². The van der Waals surface area contributed by atoms with Crippen molar-refractivity contribution in [1.82, 2.24) is 35.1 Å². The molecule has 0 atom stereocenters. The first-order valence-electron chi connectivity index (χ1n) is 10.8. The second-order valence-corrected chi connectivity index (χ2v) is 8.64. The fourth-order valence-corrected chi connectivity index (χ4v) is 4.46. The number of aromatic amines is 2. The van der Waals surface area contributed by atoms with Gasteiger partial charge in [0.05, 0.1) is 34.3 Å². The Hall–Kier alpha value is -4.37. The fraction of sp³-hybridized carbons (Fsp3) is 0.0800. The topological polar surface area (TPSA) is 108 Å². The molecule has 0 saturated carbocycles. The molecular weight excluding hydrogens is 444 g/mol. The average molecular weight is 465 g/mol. The Morgan fingerprint density at radius 2 is 1.94 bits per heavy atom. The zero-order chi connectivity index (χ0) is 23.1. The van der Waals surface area contributed by atoms with Crippen LogP contribution in [0.5, 0.6) is 0 Å². The van der Waals surface area contributed by atoms with Gasteiger partial charge in [-0.25, -0.2) is 9.97 Å². The largest absolute Gasteiger partial charge is 0.358 e. The lowest BCUT2D eigenvalue weighted by atomic mass is 10.1. The van der Waals surface area contributed by atoms with Crippen LogP contribution in [0.2, 0.25) is 0 Å². The Kier molecular flexibility index (Phi) is 4.88. The SMILES string of the molecule is C=C(CC)Nc1cncc(-c2ccc3[nH]nc(-c4nc5c(-c6ccsc6)nccc5[nH]4)c3n2)c1. The summed E-state index contributed by atoms with van der Waals surface area (Å²) in [6, 6.07) is 9.91. The molecule has 166 valence electrons. The van der Waals surface area contributed by atoms with Crippen molar-refractivity contribution in [2.75, 3.05) is 5.32 Å². The van der Waals surface area contributed by atoms with Crippen molar-refractivity contribution in [3.8, 4) is 34.0 Å². The van der Waals surface area contributed by atoms with Crippen molar-refractivity contribution in [2.24, 2.45) is 0 Å². The Labute approximate surface area is 198 Å². The number of nitrogens with one attached hydrogen (secondary N) is 3. The summed E-state index contributed by atoms with van der Waals surface area (Å²) in [5.41, 5.74) is 9.33. The Balaban J connectivity index is 1.43. The number of H-pyrrole nitrogens is 2. The van der Waals surface area contributed by atoms with E-state index in [9.17, 15) is 0 Å². The first-order chi connectivity index (χ1) is 16.7. The number of anilines is 1. The van der Waals surface area contributed by atoms with Gasteiger partial charge in [0, 0.05) is 34.6 Å². The number of fused-ring (bicyclic) bond motifs is 2. The number of allylic oxidation sites excluding steroid dienone is 1. The summed E-state index contributed by atoms with van der Waals surface area (Å²) < 4.78 is 0. The van der Waals surface area contributed by atoms with Gasteiger partial charge in [-0.1, -0.05) is 13.5 Å². The van der Waals surface area contributed by atoms with Crippen LogP contribution >= 0.6 is 11.3 Å². The molecule has 0 amide bonds. The molecule has 3 N–H and O–H groups in total. The maximum absolute atomic E-state index is 4.91. The van der Waals surface area contributed by atoms with Gasteiger partial charge < -0.3 is 10.3 Å². The van der Waals surface area contributed by atoms with Crippen molar-refractivity contribution in [2.45, 2.75) is 13.3 Å². The van der Waals surface area contributed by atoms with Crippen LogP contribution in [0.3, 0.4) is 0 Å². The molecule has 9 heteroatoms. The van der Waals surface area contributed by atoms with Crippen molar-refractivity contribution >= 4 is 39.1 Å². The molecule has 0 aliphatic heterocycles. The lowest BCUT2D eigenvalue weighted by molar-refractivity contribution is 1.10. The number of aromatic nitrogens is 7. The van der Waals surface area contributed by atoms with Crippen molar-refractivity contribution < 1.29 is 0 Å². The third-order valence-corrected chi connectivity index (χ3v) is 6.29.